The van der Waals surface area contributed by atoms with Crippen molar-refractivity contribution in [2.75, 3.05) is 6.61 Å². The maximum atomic E-state index is 12.4. The van der Waals surface area contributed by atoms with Crippen molar-refractivity contribution in [3.05, 3.63) is 36.5 Å². The van der Waals surface area contributed by atoms with E-state index in [0.29, 0.717) is 12.8 Å². The summed E-state index contributed by atoms with van der Waals surface area (Å²) >= 11 is 0. The molecule has 0 aliphatic heterocycles. The van der Waals surface area contributed by atoms with Gasteiger partial charge in [0.15, 0.2) is 0 Å². The van der Waals surface area contributed by atoms with Crippen LogP contribution in [-0.2, 0) is 4.79 Å². The van der Waals surface area contributed by atoms with Crippen molar-refractivity contribution >= 4 is 5.91 Å². The molecule has 0 aromatic carbocycles. The van der Waals surface area contributed by atoms with Crippen LogP contribution < -0.4 is 5.32 Å². The van der Waals surface area contributed by atoms with Gasteiger partial charge in [-0.25, -0.2) is 0 Å². The number of allylic oxidation sites excluding steroid dienone is 5. The summed E-state index contributed by atoms with van der Waals surface area (Å²) < 4.78 is 0. The zero-order valence-corrected chi connectivity index (χ0v) is 28.6. The Morgan fingerprint density at radius 2 is 1.02 bits per heavy atom. The van der Waals surface area contributed by atoms with Gasteiger partial charge in [-0.05, 0) is 51.4 Å². The van der Waals surface area contributed by atoms with Gasteiger partial charge in [-0.15, -0.1) is 0 Å². The van der Waals surface area contributed by atoms with Gasteiger partial charge in [0, 0.05) is 6.42 Å². The fraction of sp³-hybridized carbons (Fsp3) is 0.816. The monoisotopic (exact) mass is 622 g/mol. The Hall–Kier alpha value is -1.47. The second-order valence-corrected chi connectivity index (χ2v) is 12.6. The third-order valence-corrected chi connectivity index (χ3v) is 8.33. The molecule has 0 aliphatic carbocycles. The van der Waals surface area contributed by atoms with E-state index in [2.05, 4.69) is 43.5 Å². The summed E-state index contributed by atoms with van der Waals surface area (Å²) in [4.78, 5) is 12.4. The van der Waals surface area contributed by atoms with Crippen molar-refractivity contribution in [3.8, 4) is 0 Å². The van der Waals surface area contributed by atoms with Crippen LogP contribution in [0.1, 0.15) is 168 Å². The van der Waals surface area contributed by atoms with E-state index in [9.17, 15) is 25.2 Å². The number of carbonyl (C=O) groups is 1. The topological polar surface area (TPSA) is 110 Å². The molecular formula is C38H71NO5. The minimum atomic E-state index is -1.30. The standard InChI is InChI=1S/C38H71NO5/c1-3-5-7-9-11-13-15-17-18-19-20-22-23-25-27-29-31-35(41)37(43)34(33-40)39-38(44)36(42)32-30-28-26-24-21-16-14-12-10-8-6-4-2/h21,23-25,28,30,34-37,40-43H,3-20,22,26-27,29,31-33H2,1-2H3,(H,39,44)/b24-21-,25-23+,30-28-. The van der Waals surface area contributed by atoms with Crippen LogP contribution in [0.25, 0.3) is 0 Å². The minimum absolute atomic E-state index is 0.152. The van der Waals surface area contributed by atoms with Gasteiger partial charge in [0.2, 0.25) is 5.91 Å². The molecule has 0 aliphatic rings. The van der Waals surface area contributed by atoms with Crippen LogP contribution in [0.3, 0.4) is 0 Å². The molecule has 0 saturated carbocycles. The summed E-state index contributed by atoms with van der Waals surface area (Å²) in [6, 6.07) is -1.03. The summed E-state index contributed by atoms with van der Waals surface area (Å²) in [5.41, 5.74) is 0. The molecule has 0 rings (SSSR count). The van der Waals surface area contributed by atoms with Gasteiger partial charge in [0.25, 0.3) is 0 Å². The summed E-state index contributed by atoms with van der Waals surface area (Å²) in [5, 5.41) is 43.2. The van der Waals surface area contributed by atoms with E-state index in [1.807, 2.05) is 6.08 Å². The maximum absolute atomic E-state index is 12.4. The molecule has 4 unspecified atom stereocenters. The molecule has 6 heteroatoms. The van der Waals surface area contributed by atoms with Crippen LogP contribution in [-0.4, -0.2) is 57.3 Å². The average molecular weight is 622 g/mol. The second kappa shape index (κ2) is 32.9. The first kappa shape index (κ1) is 42.5. The number of aliphatic hydroxyl groups is 4. The highest BCUT2D eigenvalue weighted by Gasteiger charge is 2.28. The summed E-state index contributed by atoms with van der Waals surface area (Å²) in [6.45, 7) is 3.97. The normalized spacial score (nSPS) is 15.0. The Labute approximate surface area is 271 Å². The molecule has 0 bridgehead atoms. The van der Waals surface area contributed by atoms with Gasteiger partial charge in [-0.2, -0.15) is 0 Å². The SMILES string of the molecule is CCCCCCCC/C=C\C/C=C\CC(O)C(=O)NC(CO)C(O)C(O)CCC/C=C/CCCCCCCCCCCCC. The number of hydrogen-bond donors (Lipinski definition) is 5. The maximum Gasteiger partial charge on any atom is 0.249 e. The predicted octanol–water partition coefficient (Wildman–Crippen LogP) is 8.62. The van der Waals surface area contributed by atoms with Crippen LogP contribution in [0.5, 0.6) is 0 Å². The van der Waals surface area contributed by atoms with Gasteiger partial charge in [0.1, 0.15) is 12.2 Å². The van der Waals surface area contributed by atoms with Crippen LogP contribution in [0.2, 0.25) is 0 Å². The zero-order valence-electron chi connectivity index (χ0n) is 28.6. The molecular weight excluding hydrogens is 550 g/mol. The fourth-order valence-corrected chi connectivity index (χ4v) is 5.33. The van der Waals surface area contributed by atoms with Crippen LogP contribution in [0.4, 0.5) is 0 Å². The van der Waals surface area contributed by atoms with Crippen molar-refractivity contribution in [2.45, 2.75) is 192 Å². The largest absolute Gasteiger partial charge is 0.394 e. The summed E-state index contributed by atoms with van der Waals surface area (Å²) in [7, 11) is 0. The van der Waals surface area contributed by atoms with Gasteiger partial charge in [-0.3, -0.25) is 4.79 Å². The molecule has 44 heavy (non-hydrogen) atoms. The number of nitrogens with one attached hydrogen (secondary N) is 1. The first-order chi connectivity index (χ1) is 21.5. The van der Waals surface area contributed by atoms with E-state index >= 15 is 0 Å². The quantitative estimate of drug-likeness (QED) is 0.0382. The lowest BCUT2D eigenvalue weighted by Crippen LogP contribution is -2.52. The van der Waals surface area contributed by atoms with Crippen LogP contribution in [0.15, 0.2) is 36.5 Å². The molecule has 0 heterocycles. The summed E-state index contributed by atoms with van der Waals surface area (Å²) in [5.74, 6) is -0.663. The predicted molar refractivity (Wildman–Crippen MR) is 187 cm³/mol. The third kappa shape index (κ3) is 26.9. The number of hydrogen-bond acceptors (Lipinski definition) is 5. The van der Waals surface area contributed by atoms with Crippen LogP contribution in [0, 0.1) is 0 Å². The molecule has 0 aromatic rings. The van der Waals surface area contributed by atoms with E-state index < -0.39 is 36.9 Å². The molecule has 258 valence electrons. The molecule has 1 amide bonds. The van der Waals surface area contributed by atoms with E-state index in [0.717, 1.165) is 25.7 Å². The Kier molecular flexibility index (Phi) is 31.8. The smallest absolute Gasteiger partial charge is 0.249 e. The molecule has 5 N–H and O–H groups in total. The number of aliphatic hydroxyl groups excluding tert-OH is 4. The van der Waals surface area contributed by atoms with Crippen molar-refractivity contribution in [3.63, 3.8) is 0 Å². The van der Waals surface area contributed by atoms with E-state index in [-0.39, 0.29) is 6.42 Å². The summed E-state index contributed by atoms with van der Waals surface area (Å²) in [6.07, 6.45) is 36.1. The van der Waals surface area contributed by atoms with Crippen molar-refractivity contribution in [1.29, 1.82) is 0 Å². The third-order valence-electron chi connectivity index (χ3n) is 8.33. The molecule has 6 nitrogen and oxygen atoms in total. The number of carbonyl (C=O) groups excluding carboxylic acids is 1. The first-order valence-corrected chi connectivity index (χ1v) is 18.4. The van der Waals surface area contributed by atoms with E-state index in [1.54, 1.807) is 6.08 Å². The first-order valence-electron chi connectivity index (χ1n) is 18.4. The van der Waals surface area contributed by atoms with Gasteiger partial charge in [0.05, 0.1) is 18.8 Å². The van der Waals surface area contributed by atoms with Gasteiger partial charge < -0.3 is 25.7 Å². The Morgan fingerprint density at radius 3 is 1.52 bits per heavy atom. The minimum Gasteiger partial charge on any atom is -0.394 e. The second-order valence-electron chi connectivity index (χ2n) is 12.6. The Bertz CT molecular complexity index is 707. The molecule has 4 atom stereocenters. The van der Waals surface area contributed by atoms with E-state index in [1.165, 1.54) is 109 Å². The van der Waals surface area contributed by atoms with Gasteiger partial charge in [-0.1, -0.05) is 147 Å². The van der Waals surface area contributed by atoms with E-state index in [4.69, 9.17) is 0 Å². The van der Waals surface area contributed by atoms with Crippen molar-refractivity contribution in [1.82, 2.24) is 5.32 Å². The highest BCUT2D eigenvalue weighted by atomic mass is 16.3. The average Bonchev–Trinajstić information content (AvgIpc) is 3.03. The van der Waals surface area contributed by atoms with Gasteiger partial charge >= 0.3 is 0 Å². The number of amides is 1. The Balaban J connectivity index is 3.95. The molecule has 0 spiro atoms. The Morgan fingerprint density at radius 1 is 0.591 bits per heavy atom. The lowest BCUT2D eigenvalue weighted by atomic mass is 10.0. The highest BCUT2D eigenvalue weighted by Crippen LogP contribution is 2.13. The highest BCUT2D eigenvalue weighted by molar-refractivity contribution is 5.81. The molecule has 0 radical (unpaired) electrons. The fourth-order valence-electron chi connectivity index (χ4n) is 5.33. The number of unbranched alkanes of at least 4 members (excludes halogenated alkanes) is 18. The lowest BCUT2D eigenvalue weighted by Gasteiger charge is -2.27. The zero-order chi connectivity index (χ0) is 32.5. The molecule has 0 fully saturated rings. The van der Waals surface area contributed by atoms with Crippen molar-refractivity contribution < 1.29 is 25.2 Å². The lowest BCUT2D eigenvalue weighted by molar-refractivity contribution is -0.132. The van der Waals surface area contributed by atoms with Crippen LogP contribution >= 0.6 is 0 Å². The molecule has 0 aromatic heterocycles. The van der Waals surface area contributed by atoms with Crippen molar-refractivity contribution in [2.24, 2.45) is 0 Å². The molecule has 0 saturated heterocycles. The number of rotatable bonds is 32.